The highest BCUT2D eigenvalue weighted by molar-refractivity contribution is 9.11. The summed E-state index contributed by atoms with van der Waals surface area (Å²) < 4.78 is 13.2. The van der Waals surface area contributed by atoms with Crippen LogP contribution in [0.5, 0.6) is 0 Å². The van der Waals surface area contributed by atoms with Gasteiger partial charge in [0.1, 0.15) is 18.0 Å². The second-order valence-electron chi connectivity index (χ2n) is 5.23. The molecule has 0 spiro atoms. The van der Waals surface area contributed by atoms with Crippen LogP contribution in [-0.4, -0.2) is 23.7 Å². The quantitative estimate of drug-likeness (QED) is 0.576. The molecular weight excluding hydrogens is 328 g/mol. The van der Waals surface area contributed by atoms with Crippen LogP contribution in [0.1, 0.15) is 19.8 Å². The van der Waals surface area contributed by atoms with Crippen molar-refractivity contribution in [3.05, 3.63) is 22.4 Å². The molecule has 0 saturated carbocycles. The lowest BCUT2D eigenvalue weighted by atomic mass is 9.77. The van der Waals surface area contributed by atoms with Crippen LogP contribution in [0.15, 0.2) is 22.4 Å². The summed E-state index contributed by atoms with van der Waals surface area (Å²) in [5.74, 6) is 4.06. The molecule has 3 fully saturated rings. The SMILES string of the molecule is C#C/C=C/[C@H](Cl)C1C2CC3O/C(=C(\Br)CC)C1C3O2. The maximum Gasteiger partial charge on any atom is 0.128 e. The molecule has 3 saturated heterocycles. The molecule has 19 heavy (non-hydrogen) atoms. The van der Waals surface area contributed by atoms with Gasteiger partial charge >= 0.3 is 0 Å². The van der Waals surface area contributed by atoms with Gasteiger partial charge in [-0.3, -0.25) is 0 Å². The van der Waals surface area contributed by atoms with E-state index in [-0.39, 0.29) is 35.5 Å². The van der Waals surface area contributed by atoms with Crippen LogP contribution >= 0.6 is 27.5 Å². The van der Waals surface area contributed by atoms with Gasteiger partial charge in [-0.15, -0.1) is 18.0 Å². The van der Waals surface area contributed by atoms with Gasteiger partial charge in [0, 0.05) is 16.8 Å². The van der Waals surface area contributed by atoms with E-state index in [1.165, 1.54) is 0 Å². The summed E-state index contributed by atoms with van der Waals surface area (Å²) >= 11 is 10.1. The Morgan fingerprint density at radius 3 is 3.11 bits per heavy atom. The average molecular weight is 344 g/mol. The molecule has 3 rings (SSSR count). The molecule has 0 radical (unpaired) electrons. The number of rotatable bonds is 3. The van der Waals surface area contributed by atoms with E-state index in [9.17, 15) is 0 Å². The minimum absolute atomic E-state index is 0.106. The molecule has 3 aliphatic heterocycles. The number of hydrogen-bond acceptors (Lipinski definition) is 2. The van der Waals surface area contributed by atoms with Gasteiger partial charge in [0.2, 0.25) is 0 Å². The lowest BCUT2D eigenvalue weighted by molar-refractivity contribution is 0.0690. The van der Waals surface area contributed by atoms with E-state index >= 15 is 0 Å². The van der Waals surface area contributed by atoms with Crippen molar-refractivity contribution in [2.45, 2.75) is 43.5 Å². The fraction of sp³-hybridized carbons (Fsp3) is 0.600. The van der Waals surface area contributed by atoms with E-state index in [2.05, 4.69) is 28.8 Å². The van der Waals surface area contributed by atoms with Crippen molar-refractivity contribution in [2.75, 3.05) is 0 Å². The van der Waals surface area contributed by atoms with Crippen molar-refractivity contribution >= 4 is 27.5 Å². The van der Waals surface area contributed by atoms with E-state index in [4.69, 9.17) is 27.5 Å². The zero-order chi connectivity index (χ0) is 13.6. The van der Waals surface area contributed by atoms with Gasteiger partial charge in [-0.25, -0.2) is 0 Å². The zero-order valence-electron chi connectivity index (χ0n) is 10.7. The monoisotopic (exact) mass is 342 g/mol. The Kier molecular flexibility index (Phi) is 3.68. The van der Waals surface area contributed by atoms with Crippen LogP contribution in [0.25, 0.3) is 0 Å². The van der Waals surface area contributed by atoms with Crippen LogP contribution in [-0.2, 0) is 9.47 Å². The van der Waals surface area contributed by atoms with Crippen LogP contribution in [0.3, 0.4) is 0 Å². The first kappa shape index (κ1) is 13.5. The predicted octanol–water partition coefficient (Wildman–Crippen LogP) is 3.60. The number of ether oxygens (including phenoxy) is 2. The summed E-state index contributed by atoms with van der Waals surface area (Å²) in [6.45, 7) is 2.11. The van der Waals surface area contributed by atoms with E-state index in [1.807, 2.05) is 6.08 Å². The number of alkyl halides is 1. The van der Waals surface area contributed by atoms with Gasteiger partial charge in [-0.05, 0) is 12.5 Å². The number of hydrogen-bond donors (Lipinski definition) is 0. The summed E-state index contributed by atoms with van der Waals surface area (Å²) in [6, 6.07) is 0. The third-order valence-electron chi connectivity index (χ3n) is 4.26. The lowest BCUT2D eigenvalue weighted by Gasteiger charge is -2.25. The second-order valence-corrected chi connectivity index (χ2v) is 6.69. The first-order chi connectivity index (χ1) is 9.17. The summed E-state index contributed by atoms with van der Waals surface area (Å²) in [6.07, 6.45) is 11.3. The Bertz CT molecular complexity index is 477. The molecule has 3 aliphatic rings. The molecule has 0 aromatic carbocycles. The minimum Gasteiger partial charge on any atom is -0.491 e. The molecule has 3 heterocycles. The highest BCUT2D eigenvalue weighted by Gasteiger charge is 2.63. The summed E-state index contributed by atoms with van der Waals surface area (Å²) in [4.78, 5) is 0. The van der Waals surface area contributed by atoms with Crippen molar-refractivity contribution in [3.63, 3.8) is 0 Å². The number of terminal acetylenes is 1. The molecule has 0 aromatic rings. The van der Waals surface area contributed by atoms with Crippen molar-refractivity contribution in [1.82, 2.24) is 0 Å². The fourth-order valence-corrected chi connectivity index (χ4v) is 4.25. The third-order valence-corrected chi connectivity index (χ3v) is 5.65. The fourth-order valence-electron chi connectivity index (χ4n) is 3.50. The molecule has 2 nitrogen and oxygen atoms in total. The number of fused-ring (bicyclic) bond motifs is 1. The Morgan fingerprint density at radius 2 is 2.42 bits per heavy atom. The van der Waals surface area contributed by atoms with Gasteiger partial charge in [-0.2, -0.15) is 0 Å². The van der Waals surface area contributed by atoms with Crippen molar-refractivity contribution in [1.29, 1.82) is 0 Å². The number of halogens is 2. The van der Waals surface area contributed by atoms with Gasteiger partial charge in [0.05, 0.1) is 17.4 Å². The summed E-state index contributed by atoms with van der Waals surface area (Å²) in [5, 5.41) is -0.106. The highest BCUT2D eigenvalue weighted by atomic mass is 79.9. The predicted molar refractivity (Wildman–Crippen MR) is 79.0 cm³/mol. The van der Waals surface area contributed by atoms with E-state index in [0.29, 0.717) is 0 Å². The van der Waals surface area contributed by atoms with Gasteiger partial charge in [0.15, 0.2) is 0 Å². The van der Waals surface area contributed by atoms with Gasteiger partial charge < -0.3 is 9.47 Å². The Balaban J connectivity index is 1.91. The molecule has 0 N–H and O–H groups in total. The second kappa shape index (κ2) is 5.16. The molecule has 0 amide bonds. The number of allylic oxidation sites excluding steroid dienone is 3. The molecule has 6 atom stereocenters. The highest BCUT2D eigenvalue weighted by Crippen LogP contribution is 2.56. The van der Waals surface area contributed by atoms with Crippen LogP contribution in [0, 0.1) is 24.2 Å². The first-order valence-electron chi connectivity index (χ1n) is 6.64. The van der Waals surface area contributed by atoms with Crippen LogP contribution in [0.4, 0.5) is 0 Å². The Hall–Kier alpha value is -0.430. The summed E-state index contributed by atoms with van der Waals surface area (Å²) in [7, 11) is 0. The standard InChI is InChI=1S/C15H16BrClO2/c1-3-5-6-9(17)12-10-7-11-15(18-10)13(12)14(19-11)8(16)4-2/h1,5-6,9-13,15H,4,7H2,2H3/b6-5+,14-8-/t9-,10?,11?,12?,13?,15?/m0/s1. The molecule has 0 aliphatic carbocycles. The van der Waals surface area contributed by atoms with Crippen molar-refractivity contribution < 1.29 is 9.47 Å². The minimum atomic E-state index is -0.106. The molecule has 2 bridgehead atoms. The normalized spacial score (nSPS) is 43.4. The van der Waals surface area contributed by atoms with E-state index in [0.717, 1.165) is 23.1 Å². The van der Waals surface area contributed by atoms with E-state index in [1.54, 1.807) is 6.08 Å². The molecule has 102 valence electrons. The molecule has 4 heteroatoms. The van der Waals surface area contributed by atoms with Crippen molar-refractivity contribution in [3.8, 4) is 12.3 Å². The van der Waals surface area contributed by atoms with Gasteiger partial charge in [0.25, 0.3) is 0 Å². The van der Waals surface area contributed by atoms with Crippen LogP contribution < -0.4 is 0 Å². The summed E-state index contributed by atoms with van der Waals surface area (Å²) in [5.41, 5.74) is 0. The average Bonchev–Trinajstić information content (AvgIpc) is 3.02. The van der Waals surface area contributed by atoms with E-state index < -0.39 is 0 Å². The molecule has 5 unspecified atom stereocenters. The molecular formula is C15H16BrClO2. The molecule has 0 aromatic heterocycles. The third kappa shape index (κ3) is 2.05. The Labute approximate surface area is 127 Å². The smallest absolute Gasteiger partial charge is 0.128 e. The maximum absolute atomic E-state index is 6.51. The Morgan fingerprint density at radius 1 is 1.63 bits per heavy atom. The van der Waals surface area contributed by atoms with Crippen molar-refractivity contribution in [2.24, 2.45) is 11.8 Å². The lowest BCUT2D eigenvalue weighted by Crippen LogP contribution is -2.34. The van der Waals surface area contributed by atoms with Gasteiger partial charge in [-0.1, -0.05) is 34.9 Å². The largest absolute Gasteiger partial charge is 0.491 e. The topological polar surface area (TPSA) is 18.5 Å². The zero-order valence-corrected chi connectivity index (χ0v) is 13.0. The van der Waals surface area contributed by atoms with Crippen LogP contribution in [0.2, 0.25) is 0 Å². The maximum atomic E-state index is 6.51. The first-order valence-corrected chi connectivity index (χ1v) is 7.87.